The molecule has 1 fully saturated rings. The number of carbonyl (C=O) groups excluding carboxylic acids is 2. The lowest BCUT2D eigenvalue weighted by Crippen LogP contribution is -2.51. The third-order valence-electron chi connectivity index (χ3n) is 6.39. The van der Waals surface area contributed by atoms with Crippen LogP contribution in [0.2, 0.25) is 0 Å². The molecule has 2 heterocycles. The number of piperidine rings is 1. The molecule has 2 amide bonds. The monoisotopic (exact) mass is 430 g/mol. The quantitative estimate of drug-likeness (QED) is 0.727. The summed E-state index contributed by atoms with van der Waals surface area (Å²) in [5, 5.41) is 0. The maximum atomic E-state index is 13.7. The molecule has 2 aromatic carbocycles. The van der Waals surface area contributed by atoms with Crippen LogP contribution in [0.3, 0.4) is 0 Å². The Hall–Kier alpha value is -2.83. The maximum Gasteiger partial charge on any atom is 0.397 e. The molecule has 164 valence electrons. The lowest BCUT2D eigenvalue weighted by atomic mass is 9.72. The Bertz CT molecular complexity index is 951. The summed E-state index contributed by atoms with van der Waals surface area (Å²) in [6, 6.07) is 17.7. The minimum Gasteiger partial charge on any atom is -0.342 e. The van der Waals surface area contributed by atoms with Crippen molar-refractivity contribution in [1.82, 2.24) is 9.80 Å². The van der Waals surface area contributed by atoms with Crippen LogP contribution in [0.5, 0.6) is 0 Å². The summed E-state index contributed by atoms with van der Waals surface area (Å²) in [5.74, 6) is -0.888. The van der Waals surface area contributed by atoms with E-state index in [1.165, 1.54) is 4.90 Å². The van der Waals surface area contributed by atoms with Crippen LogP contribution >= 0.6 is 0 Å². The Morgan fingerprint density at radius 1 is 0.935 bits per heavy atom. The highest BCUT2D eigenvalue weighted by Crippen LogP contribution is 2.41. The van der Waals surface area contributed by atoms with E-state index in [0.29, 0.717) is 32.4 Å². The molecule has 7 heteroatoms. The summed E-state index contributed by atoms with van der Waals surface area (Å²) in [7, 11) is 0. The van der Waals surface area contributed by atoms with E-state index in [2.05, 4.69) is 0 Å². The van der Waals surface area contributed by atoms with Gasteiger partial charge in [0.1, 0.15) is 6.42 Å². The minimum absolute atomic E-state index is 0.0236. The van der Waals surface area contributed by atoms with Crippen LogP contribution in [0.1, 0.15) is 36.0 Å². The SMILES string of the molecule is O=C(CC(F)(F)F)N1CCC2(CC1)Cc1ccccc1CN(Cc1ccccc1)C2=O. The van der Waals surface area contributed by atoms with Gasteiger partial charge in [0.15, 0.2) is 0 Å². The molecule has 2 aromatic rings. The van der Waals surface area contributed by atoms with E-state index in [9.17, 15) is 22.8 Å². The van der Waals surface area contributed by atoms with Gasteiger partial charge >= 0.3 is 6.18 Å². The smallest absolute Gasteiger partial charge is 0.342 e. The molecule has 0 unspecified atom stereocenters. The average molecular weight is 430 g/mol. The second-order valence-electron chi connectivity index (χ2n) is 8.55. The van der Waals surface area contributed by atoms with Crippen molar-refractivity contribution in [2.75, 3.05) is 13.1 Å². The highest BCUT2D eigenvalue weighted by atomic mass is 19.4. The van der Waals surface area contributed by atoms with E-state index >= 15 is 0 Å². The largest absolute Gasteiger partial charge is 0.397 e. The number of rotatable bonds is 3. The van der Waals surface area contributed by atoms with E-state index < -0.39 is 23.9 Å². The zero-order valence-electron chi connectivity index (χ0n) is 17.2. The average Bonchev–Trinajstić information content (AvgIpc) is 2.84. The molecule has 1 saturated heterocycles. The van der Waals surface area contributed by atoms with Crippen molar-refractivity contribution in [3.8, 4) is 0 Å². The number of hydrogen-bond donors (Lipinski definition) is 0. The van der Waals surface area contributed by atoms with E-state index in [-0.39, 0.29) is 19.0 Å². The molecule has 4 rings (SSSR count). The standard InChI is InChI=1S/C24H25F3N2O2/c25-24(26,27)15-21(30)28-12-10-23(11-13-28)14-19-8-4-5-9-20(19)17-29(22(23)31)16-18-6-2-1-3-7-18/h1-9H,10-17H2. The van der Waals surface area contributed by atoms with Crippen molar-refractivity contribution in [2.45, 2.75) is 44.9 Å². The van der Waals surface area contributed by atoms with Crippen LogP contribution in [0.4, 0.5) is 13.2 Å². The Morgan fingerprint density at radius 2 is 1.55 bits per heavy atom. The Balaban J connectivity index is 1.58. The topological polar surface area (TPSA) is 40.6 Å². The fourth-order valence-electron chi connectivity index (χ4n) is 4.73. The van der Waals surface area contributed by atoms with Gasteiger partial charge in [-0.2, -0.15) is 13.2 Å². The second kappa shape index (κ2) is 8.36. The van der Waals surface area contributed by atoms with Gasteiger partial charge in [0.05, 0.1) is 5.41 Å². The minimum atomic E-state index is -4.52. The Morgan fingerprint density at radius 3 is 2.19 bits per heavy atom. The van der Waals surface area contributed by atoms with Crippen LogP contribution in [0, 0.1) is 5.41 Å². The number of hydrogen-bond acceptors (Lipinski definition) is 2. The van der Waals surface area contributed by atoms with Crippen molar-refractivity contribution >= 4 is 11.8 Å². The van der Waals surface area contributed by atoms with Crippen LogP contribution in [0.15, 0.2) is 54.6 Å². The predicted molar refractivity (Wildman–Crippen MR) is 110 cm³/mol. The summed E-state index contributed by atoms with van der Waals surface area (Å²) in [5.41, 5.74) is 2.53. The van der Waals surface area contributed by atoms with Crippen LogP contribution < -0.4 is 0 Å². The maximum absolute atomic E-state index is 13.7. The van der Waals surface area contributed by atoms with Gasteiger partial charge in [-0.05, 0) is 36.0 Å². The molecule has 0 aromatic heterocycles. The summed E-state index contributed by atoms with van der Waals surface area (Å²) < 4.78 is 37.9. The first-order chi connectivity index (χ1) is 14.8. The van der Waals surface area contributed by atoms with Crippen LogP contribution in [-0.2, 0) is 29.1 Å². The predicted octanol–water partition coefficient (Wildman–Crippen LogP) is 4.33. The molecule has 0 N–H and O–H groups in total. The Labute approximate surface area is 179 Å². The molecule has 31 heavy (non-hydrogen) atoms. The Kier molecular flexibility index (Phi) is 5.77. The van der Waals surface area contributed by atoms with Gasteiger partial charge in [-0.3, -0.25) is 9.59 Å². The molecular formula is C24H25F3N2O2. The molecular weight excluding hydrogens is 405 g/mol. The van der Waals surface area contributed by atoms with Crippen LogP contribution in [-0.4, -0.2) is 40.9 Å². The van der Waals surface area contributed by atoms with Crippen molar-refractivity contribution in [2.24, 2.45) is 5.41 Å². The first-order valence-electron chi connectivity index (χ1n) is 10.5. The number of fused-ring (bicyclic) bond motifs is 1. The number of halogens is 3. The normalized spacial score (nSPS) is 18.6. The fourth-order valence-corrected chi connectivity index (χ4v) is 4.73. The summed E-state index contributed by atoms with van der Waals surface area (Å²) >= 11 is 0. The van der Waals surface area contributed by atoms with Crippen molar-refractivity contribution in [1.29, 1.82) is 0 Å². The molecule has 0 radical (unpaired) electrons. The first kappa shape index (κ1) is 21.4. The first-order valence-corrected chi connectivity index (χ1v) is 10.5. The van der Waals surface area contributed by atoms with Gasteiger partial charge < -0.3 is 9.80 Å². The zero-order valence-corrected chi connectivity index (χ0v) is 17.2. The summed E-state index contributed by atoms with van der Waals surface area (Å²) in [6.07, 6.45) is -4.68. The number of nitrogens with zero attached hydrogens (tertiary/aromatic N) is 2. The van der Waals surface area contributed by atoms with E-state index in [4.69, 9.17) is 0 Å². The van der Waals surface area contributed by atoms with Crippen molar-refractivity contribution in [3.63, 3.8) is 0 Å². The molecule has 0 atom stereocenters. The number of benzene rings is 2. The molecule has 1 spiro atoms. The van der Waals surface area contributed by atoms with E-state index in [1.54, 1.807) is 0 Å². The van der Waals surface area contributed by atoms with Gasteiger partial charge in [0, 0.05) is 26.2 Å². The van der Waals surface area contributed by atoms with E-state index in [0.717, 1.165) is 16.7 Å². The summed E-state index contributed by atoms with van der Waals surface area (Å²) in [4.78, 5) is 28.9. The van der Waals surface area contributed by atoms with Gasteiger partial charge in [-0.1, -0.05) is 54.6 Å². The number of carbonyl (C=O) groups is 2. The molecule has 2 aliphatic heterocycles. The fraction of sp³-hybridized carbons (Fsp3) is 0.417. The number of alkyl halides is 3. The zero-order chi connectivity index (χ0) is 22.1. The lowest BCUT2D eigenvalue weighted by molar-refractivity contribution is -0.165. The molecule has 4 nitrogen and oxygen atoms in total. The molecule has 0 aliphatic carbocycles. The van der Waals surface area contributed by atoms with Gasteiger partial charge in [-0.25, -0.2) is 0 Å². The highest BCUT2D eigenvalue weighted by molar-refractivity contribution is 5.85. The lowest BCUT2D eigenvalue weighted by Gasteiger charge is -2.42. The number of amides is 2. The van der Waals surface area contributed by atoms with Crippen LogP contribution in [0.25, 0.3) is 0 Å². The van der Waals surface area contributed by atoms with Gasteiger partial charge in [0.25, 0.3) is 0 Å². The van der Waals surface area contributed by atoms with Crippen molar-refractivity contribution < 1.29 is 22.8 Å². The highest BCUT2D eigenvalue weighted by Gasteiger charge is 2.47. The van der Waals surface area contributed by atoms with Crippen molar-refractivity contribution in [3.05, 3.63) is 71.3 Å². The van der Waals surface area contributed by atoms with E-state index in [1.807, 2.05) is 59.5 Å². The second-order valence-corrected chi connectivity index (χ2v) is 8.55. The molecule has 2 aliphatic rings. The molecule has 0 bridgehead atoms. The van der Waals surface area contributed by atoms with Gasteiger partial charge in [0.2, 0.25) is 11.8 Å². The number of likely N-dealkylation sites (tertiary alicyclic amines) is 1. The third kappa shape index (κ3) is 4.75. The summed E-state index contributed by atoms with van der Waals surface area (Å²) in [6.45, 7) is 1.32. The van der Waals surface area contributed by atoms with Gasteiger partial charge in [-0.15, -0.1) is 0 Å². The third-order valence-corrected chi connectivity index (χ3v) is 6.39. The molecule has 0 saturated carbocycles.